The molecule has 0 saturated carbocycles. The SMILES string of the molecule is C\C=C/C=C(C(/C)=N\C(=C/C(=C(\C)CC)c1c(C)ccc(N)c1C=N)C(N)=O)\C(Nc1nc(F)ccc1F)=C(/C)CC. The maximum Gasteiger partial charge on any atom is 0.267 e. The number of aliphatic imine (C=N–C) groups is 1. The summed E-state index contributed by atoms with van der Waals surface area (Å²) in [6, 6.07) is 5.54. The monoisotopic (exact) mass is 574 g/mol. The van der Waals surface area contributed by atoms with Crippen molar-refractivity contribution >= 4 is 34.9 Å². The highest BCUT2D eigenvalue weighted by atomic mass is 19.1. The number of nitrogens with one attached hydrogen (secondary N) is 2. The molecule has 42 heavy (non-hydrogen) atoms. The Morgan fingerprint density at radius 2 is 1.76 bits per heavy atom. The highest BCUT2D eigenvalue weighted by Crippen LogP contribution is 2.32. The van der Waals surface area contributed by atoms with Gasteiger partial charge in [0, 0.05) is 34.4 Å². The molecular weight excluding hydrogens is 534 g/mol. The molecule has 2 rings (SSSR count). The lowest BCUT2D eigenvalue weighted by Crippen LogP contribution is -2.17. The molecular formula is C33H40F2N6O. The molecule has 0 fully saturated rings. The van der Waals surface area contributed by atoms with E-state index in [-0.39, 0.29) is 11.5 Å². The van der Waals surface area contributed by atoms with Gasteiger partial charge in [-0.2, -0.15) is 9.37 Å². The summed E-state index contributed by atoms with van der Waals surface area (Å²) < 4.78 is 28.5. The van der Waals surface area contributed by atoms with Gasteiger partial charge >= 0.3 is 0 Å². The van der Waals surface area contributed by atoms with Crippen LogP contribution in [-0.2, 0) is 4.79 Å². The number of nitrogen functional groups attached to an aromatic ring is 1. The number of benzene rings is 1. The minimum Gasteiger partial charge on any atom is -0.398 e. The maximum atomic E-state index is 14.6. The molecule has 1 heterocycles. The third kappa shape index (κ3) is 8.19. The summed E-state index contributed by atoms with van der Waals surface area (Å²) in [5, 5.41) is 10.9. The molecule has 0 atom stereocenters. The van der Waals surface area contributed by atoms with Crippen LogP contribution in [0.3, 0.4) is 0 Å². The number of halogens is 2. The van der Waals surface area contributed by atoms with Gasteiger partial charge in [-0.05, 0) is 94.0 Å². The molecule has 6 N–H and O–H groups in total. The molecule has 1 aromatic heterocycles. The van der Waals surface area contributed by atoms with E-state index < -0.39 is 17.7 Å². The van der Waals surface area contributed by atoms with Crippen molar-refractivity contribution in [3.8, 4) is 0 Å². The first-order valence-corrected chi connectivity index (χ1v) is 13.7. The van der Waals surface area contributed by atoms with Crippen molar-refractivity contribution in [1.29, 1.82) is 5.41 Å². The Bertz CT molecular complexity index is 1540. The highest BCUT2D eigenvalue weighted by molar-refractivity contribution is 6.07. The van der Waals surface area contributed by atoms with Crippen LogP contribution in [-0.4, -0.2) is 22.8 Å². The molecule has 0 unspecified atom stereocenters. The second-order valence-corrected chi connectivity index (χ2v) is 9.75. The fourth-order valence-electron chi connectivity index (χ4n) is 4.18. The lowest BCUT2D eigenvalue weighted by atomic mass is 9.89. The number of hydrogen-bond acceptors (Lipinski definition) is 6. The van der Waals surface area contributed by atoms with Gasteiger partial charge in [0.15, 0.2) is 11.6 Å². The average Bonchev–Trinajstić information content (AvgIpc) is 2.96. The minimum atomic E-state index is -0.831. The fourth-order valence-corrected chi connectivity index (χ4v) is 4.18. The zero-order valence-electron chi connectivity index (χ0n) is 25.3. The van der Waals surface area contributed by atoms with Gasteiger partial charge in [-0.25, -0.2) is 9.38 Å². The van der Waals surface area contributed by atoms with Crippen molar-refractivity contribution in [3.63, 3.8) is 0 Å². The standard InChI is InChI=1S/C33H40F2N6O/c1-8-11-12-23(31(20(5)10-3)41-33-26(34)14-16-29(35)40-33)22(7)39-28(32(38)42)17-24(19(4)9-2)30-21(6)13-15-27(37)25(30)18-36/h8,11-18,36H,9-10,37H2,1-7H3,(H2,38,42)(H,40,41)/b11-8-,23-12-,24-19-,28-17-,31-20-,36-18?,39-22-. The Hall–Kier alpha value is -4.66. The molecule has 1 amide bonds. The van der Waals surface area contributed by atoms with Gasteiger partial charge in [-0.1, -0.05) is 43.7 Å². The van der Waals surface area contributed by atoms with Gasteiger partial charge in [0.25, 0.3) is 5.91 Å². The van der Waals surface area contributed by atoms with E-state index in [4.69, 9.17) is 16.9 Å². The number of nitrogens with zero attached hydrogens (tertiary/aromatic N) is 2. The normalized spacial score (nSPS) is 14.1. The summed E-state index contributed by atoms with van der Waals surface area (Å²) in [5.74, 6) is -2.59. The van der Waals surface area contributed by atoms with E-state index in [1.807, 2.05) is 53.7 Å². The van der Waals surface area contributed by atoms with Crippen LogP contribution in [0.1, 0.15) is 71.1 Å². The summed E-state index contributed by atoms with van der Waals surface area (Å²) in [6.45, 7) is 13.2. The maximum absolute atomic E-state index is 14.6. The molecule has 0 bridgehead atoms. The van der Waals surface area contributed by atoms with Crippen molar-refractivity contribution in [1.82, 2.24) is 4.98 Å². The number of hydrogen-bond donors (Lipinski definition) is 4. The Kier molecular flexibility index (Phi) is 12.3. The number of aryl methyl sites for hydroxylation is 1. The van der Waals surface area contributed by atoms with Gasteiger partial charge in [0.2, 0.25) is 5.95 Å². The molecule has 7 nitrogen and oxygen atoms in total. The molecule has 0 aliphatic heterocycles. The molecule has 0 radical (unpaired) electrons. The molecule has 1 aromatic carbocycles. The van der Waals surface area contributed by atoms with Crippen molar-refractivity contribution in [2.24, 2.45) is 10.7 Å². The fraction of sp³-hybridized carbons (Fsp3) is 0.273. The van der Waals surface area contributed by atoms with Crippen molar-refractivity contribution in [2.45, 2.75) is 61.3 Å². The summed E-state index contributed by atoms with van der Waals surface area (Å²) in [4.78, 5) is 21.1. The zero-order valence-corrected chi connectivity index (χ0v) is 25.3. The first-order chi connectivity index (χ1) is 19.9. The third-order valence-electron chi connectivity index (χ3n) is 6.84. The topological polar surface area (TPSA) is 130 Å². The van der Waals surface area contributed by atoms with E-state index in [0.29, 0.717) is 46.6 Å². The van der Waals surface area contributed by atoms with Crippen LogP contribution in [0.4, 0.5) is 20.3 Å². The van der Waals surface area contributed by atoms with Gasteiger partial charge in [-0.3, -0.25) is 4.79 Å². The van der Waals surface area contributed by atoms with E-state index >= 15 is 0 Å². The number of nitrogens with two attached hydrogens (primary N) is 2. The Balaban J connectivity index is 2.85. The lowest BCUT2D eigenvalue weighted by Gasteiger charge is -2.19. The zero-order chi connectivity index (χ0) is 31.6. The van der Waals surface area contributed by atoms with Crippen LogP contribution in [0.25, 0.3) is 5.57 Å². The first kappa shape index (κ1) is 33.5. The van der Waals surface area contributed by atoms with Gasteiger partial charge in [0.1, 0.15) is 5.70 Å². The van der Waals surface area contributed by atoms with Crippen LogP contribution in [0.5, 0.6) is 0 Å². The van der Waals surface area contributed by atoms with Gasteiger partial charge in [0.05, 0.1) is 0 Å². The van der Waals surface area contributed by atoms with E-state index in [9.17, 15) is 13.6 Å². The molecule has 222 valence electrons. The number of aromatic nitrogens is 1. The third-order valence-corrected chi connectivity index (χ3v) is 6.84. The number of allylic oxidation sites excluding steroid dienone is 8. The number of amides is 1. The molecule has 0 aliphatic carbocycles. The van der Waals surface area contributed by atoms with Gasteiger partial charge < -0.3 is 22.2 Å². The van der Waals surface area contributed by atoms with Crippen LogP contribution in [0, 0.1) is 24.1 Å². The summed E-state index contributed by atoms with van der Waals surface area (Å²) in [7, 11) is 0. The molecule has 2 aromatic rings. The predicted molar refractivity (Wildman–Crippen MR) is 170 cm³/mol. The van der Waals surface area contributed by atoms with Crippen LogP contribution in [0.15, 0.2) is 81.7 Å². The van der Waals surface area contributed by atoms with Crippen molar-refractivity contribution < 1.29 is 13.6 Å². The second-order valence-electron chi connectivity index (χ2n) is 9.75. The highest BCUT2D eigenvalue weighted by Gasteiger charge is 2.19. The number of rotatable bonds is 12. The van der Waals surface area contributed by atoms with Crippen LogP contribution < -0.4 is 16.8 Å². The molecule has 0 aliphatic rings. The second kappa shape index (κ2) is 15.4. The summed E-state index contributed by atoms with van der Waals surface area (Å²) in [5.41, 5.74) is 18.4. The average molecular weight is 575 g/mol. The van der Waals surface area contributed by atoms with Crippen LogP contribution in [0.2, 0.25) is 0 Å². The number of pyridine rings is 1. The number of anilines is 2. The number of carbonyl (C=O) groups excluding carboxylic acids is 1. The number of carbonyl (C=O) groups is 1. The Labute approximate surface area is 247 Å². The lowest BCUT2D eigenvalue weighted by molar-refractivity contribution is -0.114. The summed E-state index contributed by atoms with van der Waals surface area (Å²) in [6.07, 6.45) is 9.41. The van der Waals surface area contributed by atoms with E-state index in [1.54, 1.807) is 31.2 Å². The van der Waals surface area contributed by atoms with E-state index in [0.717, 1.165) is 34.4 Å². The van der Waals surface area contributed by atoms with E-state index in [2.05, 4.69) is 15.3 Å². The quantitative estimate of drug-likeness (QED) is 0.0685. The minimum absolute atomic E-state index is 0.0250. The van der Waals surface area contributed by atoms with Crippen LogP contribution >= 0.6 is 0 Å². The Morgan fingerprint density at radius 1 is 1.10 bits per heavy atom. The first-order valence-electron chi connectivity index (χ1n) is 13.7. The Morgan fingerprint density at radius 3 is 2.33 bits per heavy atom. The van der Waals surface area contributed by atoms with Crippen molar-refractivity contribution in [3.05, 3.63) is 105 Å². The molecule has 0 spiro atoms. The van der Waals surface area contributed by atoms with Gasteiger partial charge in [-0.15, -0.1) is 0 Å². The predicted octanol–water partition coefficient (Wildman–Crippen LogP) is 7.56. The van der Waals surface area contributed by atoms with Crippen molar-refractivity contribution in [2.75, 3.05) is 11.1 Å². The number of primary amides is 1. The molecule has 9 heteroatoms. The summed E-state index contributed by atoms with van der Waals surface area (Å²) >= 11 is 0. The smallest absolute Gasteiger partial charge is 0.267 e. The van der Waals surface area contributed by atoms with E-state index in [1.165, 1.54) is 6.21 Å². The molecule has 0 saturated heterocycles. The largest absolute Gasteiger partial charge is 0.398 e.